The molecule has 1 aromatic rings. The maximum Gasteiger partial charge on any atom is 0.269 e. The van der Waals surface area contributed by atoms with Crippen LogP contribution in [0.1, 0.15) is 12.0 Å². The molecule has 102 valence electrons. The zero-order valence-corrected chi connectivity index (χ0v) is 11.7. The molecular formula is C12H13BrN2O4. The van der Waals surface area contributed by atoms with E-state index >= 15 is 0 Å². The zero-order chi connectivity index (χ0) is 14.0. The molecule has 1 aliphatic rings. The Hall–Kier alpha value is -1.47. The van der Waals surface area contributed by atoms with Gasteiger partial charge in [-0.1, -0.05) is 15.9 Å². The number of aliphatic hydroxyl groups is 1. The normalized spacial score (nSPS) is 18.9. The number of hydrogen-bond acceptors (Lipinski definition) is 4. The van der Waals surface area contributed by atoms with Crippen LogP contribution in [0.15, 0.2) is 18.2 Å². The number of alkyl halides is 1. The molecule has 0 bridgehead atoms. The molecule has 2 rings (SSSR count). The van der Waals surface area contributed by atoms with E-state index in [9.17, 15) is 20.0 Å². The number of benzene rings is 1. The summed E-state index contributed by atoms with van der Waals surface area (Å²) in [5.41, 5.74) is 0.871. The minimum atomic E-state index is -0.518. The molecule has 1 fully saturated rings. The monoisotopic (exact) mass is 328 g/mol. The van der Waals surface area contributed by atoms with E-state index in [2.05, 4.69) is 15.9 Å². The SMILES string of the molecule is O=C1CC(CBr)CN1c1ccc([N+](=O)[O-])cc1CO. The molecule has 1 atom stereocenters. The molecule has 1 amide bonds. The summed E-state index contributed by atoms with van der Waals surface area (Å²) >= 11 is 3.35. The average molecular weight is 329 g/mol. The largest absolute Gasteiger partial charge is 0.392 e. The summed E-state index contributed by atoms with van der Waals surface area (Å²) < 4.78 is 0. The van der Waals surface area contributed by atoms with E-state index in [1.165, 1.54) is 18.2 Å². The van der Waals surface area contributed by atoms with E-state index in [4.69, 9.17) is 0 Å². The van der Waals surface area contributed by atoms with Crippen molar-refractivity contribution in [3.05, 3.63) is 33.9 Å². The van der Waals surface area contributed by atoms with Gasteiger partial charge in [0.25, 0.3) is 5.69 Å². The topological polar surface area (TPSA) is 83.7 Å². The highest BCUT2D eigenvalue weighted by molar-refractivity contribution is 9.09. The molecule has 1 aromatic carbocycles. The summed E-state index contributed by atoms with van der Waals surface area (Å²) in [5, 5.41) is 20.8. The van der Waals surface area contributed by atoms with Crippen LogP contribution in [0.25, 0.3) is 0 Å². The van der Waals surface area contributed by atoms with Crippen LogP contribution in [0.2, 0.25) is 0 Å². The molecule has 0 spiro atoms. The van der Waals surface area contributed by atoms with Gasteiger partial charge in [0.2, 0.25) is 5.91 Å². The predicted octanol–water partition coefficient (Wildman–Crippen LogP) is 1.83. The van der Waals surface area contributed by atoms with E-state index in [1.54, 1.807) is 4.90 Å². The Bertz CT molecular complexity index is 520. The second-order valence-corrected chi connectivity index (χ2v) is 5.10. The average Bonchev–Trinajstić information content (AvgIpc) is 2.79. The fourth-order valence-corrected chi connectivity index (χ4v) is 2.63. The number of anilines is 1. The first-order valence-corrected chi connectivity index (χ1v) is 6.93. The molecule has 1 unspecified atom stereocenters. The van der Waals surface area contributed by atoms with Gasteiger partial charge in [-0.3, -0.25) is 14.9 Å². The van der Waals surface area contributed by atoms with Crippen LogP contribution < -0.4 is 4.90 Å². The molecule has 0 aliphatic carbocycles. The molecule has 7 heteroatoms. The summed E-state index contributed by atoms with van der Waals surface area (Å²) in [4.78, 5) is 23.7. The van der Waals surface area contributed by atoms with Gasteiger partial charge in [-0.2, -0.15) is 0 Å². The summed E-state index contributed by atoms with van der Waals surface area (Å²) in [7, 11) is 0. The minimum absolute atomic E-state index is 0.0204. The number of nitro groups is 1. The standard InChI is InChI=1S/C12H13BrN2O4/c13-5-8-3-12(17)14(6-8)11-2-1-10(15(18)19)4-9(11)7-16/h1-2,4,8,16H,3,5-7H2. The molecular weight excluding hydrogens is 316 g/mol. The third-order valence-corrected chi connectivity index (χ3v) is 4.07. The molecule has 1 heterocycles. The fourth-order valence-electron chi connectivity index (χ4n) is 2.19. The molecule has 1 N–H and O–H groups in total. The van der Waals surface area contributed by atoms with Gasteiger partial charge >= 0.3 is 0 Å². The van der Waals surface area contributed by atoms with Crippen molar-refractivity contribution in [1.29, 1.82) is 0 Å². The minimum Gasteiger partial charge on any atom is -0.392 e. The van der Waals surface area contributed by atoms with Gasteiger partial charge in [0, 0.05) is 41.7 Å². The number of carbonyl (C=O) groups excluding carboxylic acids is 1. The number of non-ortho nitro benzene ring substituents is 1. The van der Waals surface area contributed by atoms with Crippen molar-refractivity contribution in [2.45, 2.75) is 13.0 Å². The third kappa shape index (κ3) is 2.76. The Balaban J connectivity index is 2.34. The molecule has 0 saturated carbocycles. The van der Waals surface area contributed by atoms with Crippen molar-refractivity contribution in [3.8, 4) is 0 Å². The lowest BCUT2D eigenvalue weighted by atomic mass is 10.1. The Labute approximate surface area is 118 Å². The Kier molecular flexibility index (Phi) is 4.16. The molecule has 6 nitrogen and oxygen atoms in total. The van der Waals surface area contributed by atoms with Crippen molar-refractivity contribution in [1.82, 2.24) is 0 Å². The quantitative estimate of drug-likeness (QED) is 0.519. The maximum absolute atomic E-state index is 11.9. The number of carbonyl (C=O) groups is 1. The Morgan fingerprint density at radius 2 is 2.26 bits per heavy atom. The van der Waals surface area contributed by atoms with Gasteiger partial charge in [0.15, 0.2) is 0 Å². The number of rotatable bonds is 4. The number of nitrogens with zero attached hydrogens (tertiary/aromatic N) is 2. The fraction of sp³-hybridized carbons (Fsp3) is 0.417. The van der Waals surface area contributed by atoms with Crippen molar-refractivity contribution in [2.24, 2.45) is 5.92 Å². The Morgan fingerprint density at radius 3 is 2.79 bits per heavy atom. The summed E-state index contributed by atoms with van der Waals surface area (Å²) in [6.07, 6.45) is 0.451. The van der Waals surface area contributed by atoms with Gasteiger partial charge in [0.05, 0.1) is 11.5 Å². The summed E-state index contributed by atoms with van der Waals surface area (Å²) in [5.74, 6) is 0.210. The van der Waals surface area contributed by atoms with Crippen LogP contribution >= 0.6 is 15.9 Å². The zero-order valence-electron chi connectivity index (χ0n) is 10.1. The molecule has 0 aromatic heterocycles. The van der Waals surface area contributed by atoms with Crippen LogP contribution in [0.4, 0.5) is 11.4 Å². The van der Waals surface area contributed by atoms with Gasteiger partial charge in [-0.25, -0.2) is 0 Å². The summed E-state index contributed by atoms with van der Waals surface area (Å²) in [6.45, 7) is 0.231. The molecule has 19 heavy (non-hydrogen) atoms. The Morgan fingerprint density at radius 1 is 1.53 bits per heavy atom. The molecule has 1 saturated heterocycles. The lowest BCUT2D eigenvalue weighted by Gasteiger charge is -2.19. The number of halogens is 1. The lowest BCUT2D eigenvalue weighted by Crippen LogP contribution is -2.25. The van der Waals surface area contributed by atoms with E-state index in [-0.39, 0.29) is 24.1 Å². The molecule has 1 aliphatic heterocycles. The van der Waals surface area contributed by atoms with E-state index in [1.807, 2.05) is 0 Å². The predicted molar refractivity (Wildman–Crippen MR) is 73.3 cm³/mol. The van der Waals surface area contributed by atoms with E-state index in [0.29, 0.717) is 24.2 Å². The molecule has 0 radical (unpaired) electrons. The highest BCUT2D eigenvalue weighted by Crippen LogP contribution is 2.31. The number of aliphatic hydroxyl groups excluding tert-OH is 1. The highest BCUT2D eigenvalue weighted by Gasteiger charge is 2.31. The first-order chi connectivity index (χ1) is 9.06. The van der Waals surface area contributed by atoms with Crippen LogP contribution in [0.3, 0.4) is 0 Å². The number of nitro benzene ring substituents is 1. The van der Waals surface area contributed by atoms with Gasteiger partial charge < -0.3 is 10.0 Å². The van der Waals surface area contributed by atoms with Crippen LogP contribution in [0.5, 0.6) is 0 Å². The van der Waals surface area contributed by atoms with Crippen molar-refractivity contribution in [3.63, 3.8) is 0 Å². The second kappa shape index (κ2) is 5.66. The first-order valence-electron chi connectivity index (χ1n) is 5.81. The van der Waals surface area contributed by atoms with Crippen LogP contribution in [-0.4, -0.2) is 27.8 Å². The van der Waals surface area contributed by atoms with E-state index < -0.39 is 4.92 Å². The highest BCUT2D eigenvalue weighted by atomic mass is 79.9. The van der Waals surface area contributed by atoms with Crippen LogP contribution in [-0.2, 0) is 11.4 Å². The summed E-state index contributed by atoms with van der Waals surface area (Å²) in [6, 6.07) is 4.19. The smallest absolute Gasteiger partial charge is 0.269 e. The van der Waals surface area contributed by atoms with Crippen molar-refractivity contribution < 1.29 is 14.8 Å². The second-order valence-electron chi connectivity index (χ2n) is 4.46. The van der Waals surface area contributed by atoms with Crippen LogP contribution in [0, 0.1) is 16.0 Å². The number of hydrogen-bond donors (Lipinski definition) is 1. The van der Waals surface area contributed by atoms with Gasteiger partial charge in [0.1, 0.15) is 0 Å². The van der Waals surface area contributed by atoms with Gasteiger partial charge in [-0.05, 0) is 12.0 Å². The lowest BCUT2D eigenvalue weighted by molar-refractivity contribution is -0.384. The van der Waals surface area contributed by atoms with E-state index in [0.717, 1.165) is 5.33 Å². The first kappa shape index (κ1) is 14.0. The third-order valence-electron chi connectivity index (χ3n) is 3.16. The number of amides is 1. The van der Waals surface area contributed by atoms with Crippen molar-refractivity contribution >= 4 is 33.2 Å². The maximum atomic E-state index is 11.9. The van der Waals surface area contributed by atoms with Gasteiger partial charge in [-0.15, -0.1) is 0 Å². The van der Waals surface area contributed by atoms with Crippen molar-refractivity contribution in [2.75, 3.05) is 16.8 Å².